The van der Waals surface area contributed by atoms with Gasteiger partial charge in [-0.15, -0.1) is 0 Å². The molecule has 0 radical (unpaired) electrons. The molecule has 1 N–H and O–H groups in total. The van der Waals surface area contributed by atoms with Crippen LogP contribution in [0.15, 0.2) is 0 Å². The number of halogens is 1. The van der Waals surface area contributed by atoms with Gasteiger partial charge in [0, 0.05) is 13.2 Å². The summed E-state index contributed by atoms with van der Waals surface area (Å²) in [5, 5.41) is 3.37. The van der Waals surface area contributed by atoms with Crippen LogP contribution in [-0.2, 0) is 4.74 Å². The number of ether oxygens (including phenoxy) is 1. The van der Waals surface area contributed by atoms with Gasteiger partial charge in [-0.1, -0.05) is 0 Å². The second-order valence-corrected chi connectivity index (χ2v) is 5.51. The Morgan fingerprint density at radius 3 is 2.27 bits per heavy atom. The molecular weight excluding hydrogens is 193 g/mol. The smallest absolute Gasteiger partial charge is 0.114 e. The van der Waals surface area contributed by atoms with Gasteiger partial charge in [0.2, 0.25) is 0 Å². The highest BCUT2D eigenvalue weighted by molar-refractivity contribution is 5.02. The Morgan fingerprint density at radius 1 is 1.07 bits per heavy atom. The highest BCUT2D eigenvalue weighted by atomic mass is 19.1. The molecule has 2 aliphatic heterocycles. The molecule has 2 unspecified atom stereocenters. The van der Waals surface area contributed by atoms with Crippen LogP contribution >= 0.6 is 0 Å². The molecule has 1 saturated carbocycles. The molecule has 2 nitrogen and oxygen atoms in total. The van der Waals surface area contributed by atoms with Crippen molar-refractivity contribution in [1.29, 1.82) is 0 Å². The van der Waals surface area contributed by atoms with E-state index < -0.39 is 5.67 Å². The number of rotatable bonds is 1. The quantitative estimate of drug-likeness (QED) is 0.716. The Labute approximate surface area is 90.6 Å². The zero-order chi connectivity index (χ0) is 10.3. The van der Waals surface area contributed by atoms with Crippen molar-refractivity contribution in [2.24, 2.45) is 17.8 Å². The number of fused-ring (bicyclic) bond motifs is 1. The molecule has 3 aliphatic rings. The lowest BCUT2D eigenvalue weighted by atomic mass is 9.81. The fourth-order valence-corrected chi connectivity index (χ4v) is 3.77. The monoisotopic (exact) mass is 213 g/mol. The molecule has 86 valence electrons. The summed E-state index contributed by atoms with van der Waals surface area (Å²) in [6.07, 6.45) is 3.47. The summed E-state index contributed by atoms with van der Waals surface area (Å²) in [6.45, 7) is 3.62. The SMILES string of the molecule is FC1(C2CCOCC2)CC2CNCC2C1. The fourth-order valence-electron chi connectivity index (χ4n) is 3.77. The summed E-state index contributed by atoms with van der Waals surface area (Å²) in [5.41, 5.74) is -0.860. The van der Waals surface area contributed by atoms with E-state index in [1.54, 1.807) is 0 Å². The third-order valence-corrected chi connectivity index (χ3v) is 4.64. The topological polar surface area (TPSA) is 21.3 Å². The Balaban J connectivity index is 1.69. The molecule has 0 amide bonds. The number of alkyl halides is 1. The molecule has 0 bridgehead atoms. The molecule has 15 heavy (non-hydrogen) atoms. The normalized spacial score (nSPS) is 47.0. The predicted molar refractivity (Wildman–Crippen MR) is 56.5 cm³/mol. The lowest BCUT2D eigenvalue weighted by Crippen LogP contribution is -2.36. The van der Waals surface area contributed by atoms with Crippen molar-refractivity contribution in [2.75, 3.05) is 26.3 Å². The van der Waals surface area contributed by atoms with E-state index in [4.69, 9.17) is 4.74 Å². The van der Waals surface area contributed by atoms with E-state index in [0.717, 1.165) is 52.0 Å². The molecule has 0 aromatic heterocycles. The van der Waals surface area contributed by atoms with Crippen LogP contribution in [0.4, 0.5) is 4.39 Å². The molecular formula is C12H20FNO. The van der Waals surface area contributed by atoms with Crippen LogP contribution in [0.3, 0.4) is 0 Å². The first kappa shape index (κ1) is 10.0. The molecule has 3 fully saturated rings. The summed E-state index contributed by atoms with van der Waals surface area (Å²) >= 11 is 0. The van der Waals surface area contributed by atoms with Crippen molar-refractivity contribution in [3.63, 3.8) is 0 Å². The molecule has 3 heteroatoms. The molecule has 0 aromatic rings. The second kappa shape index (κ2) is 3.70. The van der Waals surface area contributed by atoms with Crippen LogP contribution in [0.2, 0.25) is 0 Å². The van der Waals surface area contributed by atoms with E-state index in [1.807, 2.05) is 0 Å². The Hall–Kier alpha value is -0.150. The van der Waals surface area contributed by atoms with Crippen molar-refractivity contribution in [3.05, 3.63) is 0 Å². The van der Waals surface area contributed by atoms with Gasteiger partial charge in [-0.3, -0.25) is 0 Å². The number of nitrogens with one attached hydrogen (secondary N) is 1. The van der Waals surface area contributed by atoms with Gasteiger partial charge in [0.1, 0.15) is 5.67 Å². The van der Waals surface area contributed by atoms with E-state index in [1.165, 1.54) is 0 Å². The fraction of sp³-hybridized carbons (Fsp3) is 1.00. The van der Waals surface area contributed by atoms with E-state index in [0.29, 0.717) is 11.8 Å². The second-order valence-electron chi connectivity index (χ2n) is 5.51. The van der Waals surface area contributed by atoms with Gasteiger partial charge in [0.05, 0.1) is 0 Å². The summed E-state index contributed by atoms with van der Waals surface area (Å²) in [5.74, 6) is 1.49. The summed E-state index contributed by atoms with van der Waals surface area (Å²) < 4.78 is 20.2. The molecule has 2 heterocycles. The van der Waals surface area contributed by atoms with Gasteiger partial charge in [0.15, 0.2) is 0 Å². The maximum absolute atomic E-state index is 14.8. The van der Waals surface area contributed by atoms with E-state index in [-0.39, 0.29) is 5.92 Å². The van der Waals surface area contributed by atoms with E-state index in [9.17, 15) is 4.39 Å². The first-order valence-electron chi connectivity index (χ1n) is 6.25. The van der Waals surface area contributed by atoms with Gasteiger partial charge < -0.3 is 10.1 Å². The minimum atomic E-state index is -0.860. The first-order valence-corrected chi connectivity index (χ1v) is 6.25. The third kappa shape index (κ3) is 1.70. The Kier molecular flexibility index (Phi) is 2.48. The summed E-state index contributed by atoms with van der Waals surface area (Å²) in [7, 11) is 0. The van der Waals surface area contributed by atoms with Gasteiger partial charge in [-0.2, -0.15) is 0 Å². The molecule has 2 saturated heterocycles. The van der Waals surface area contributed by atoms with E-state index in [2.05, 4.69) is 5.32 Å². The van der Waals surface area contributed by atoms with Crippen LogP contribution in [0.1, 0.15) is 25.7 Å². The Bertz CT molecular complexity index is 228. The summed E-state index contributed by atoms with van der Waals surface area (Å²) in [4.78, 5) is 0. The molecule has 0 spiro atoms. The predicted octanol–water partition coefficient (Wildman–Crippen LogP) is 1.75. The number of hydrogen-bond acceptors (Lipinski definition) is 2. The van der Waals surface area contributed by atoms with Crippen molar-refractivity contribution < 1.29 is 9.13 Å². The molecule has 2 atom stereocenters. The highest BCUT2D eigenvalue weighted by Gasteiger charge is 2.51. The standard InChI is InChI=1S/C12H20FNO/c13-12(11-1-3-15-4-2-11)5-9-7-14-8-10(9)6-12/h9-11,14H,1-8H2. The molecule has 1 aliphatic carbocycles. The average molecular weight is 213 g/mol. The lowest BCUT2D eigenvalue weighted by molar-refractivity contribution is -0.0120. The minimum absolute atomic E-state index is 0.275. The van der Waals surface area contributed by atoms with Crippen LogP contribution in [-0.4, -0.2) is 32.0 Å². The third-order valence-electron chi connectivity index (χ3n) is 4.64. The summed E-state index contributed by atoms with van der Waals surface area (Å²) in [6, 6.07) is 0. The average Bonchev–Trinajstić information content (AvgIpc) is 2.78. The van der Waals surface area contributed by atoms with Crippen molar-refractivity contribution in [2.45, 2.75) is 31.4 Å². The largest absolute Gasteiger partial charge is 0.381 e. The zero-order valence-electron chi connectivity index (χ0n) is 9.18. The molecule has 3 rings (SSSR count). The maximum Gasteiger partial charge on any atom is 0.114 e. The van der Waals surface area contributed by atoms with Crippen LogP contribution in [0.5, 0.6) is 0 Å². The minimum Gasteiger partial charge on any atom is -0.381 e. The van der Waals surface area contributed by atoms with Gasteiger partial charge in [-0.05, 0) is 56.5 Å². The number of hydrogen-bond donors (Lipinski definition) is 1. The van der Waals surface area contributed by atoms with Crippen LogP contribution in [0.25, 0.3) is 0 Å². The van der Waals surface area contributed by atoms with Crippen LogP contribution < -0.4 is 5.32 Å². The van der Waals surface area contributed by atoms with Crippen molar-refractivity contribution in [3.8, 4) is 0 Å². The van der Waals surface area contributed by atoms with Gasteiger partial charge >= 0.3 is 0 Å². The maximum atomic E-state index is 14.8. The van der Waals surface area contributed by atoms with Gasteiger partial charge in [0.25, 0.3) is 0 Å². The van der Waals surface area contributed by atoms with Crippen LogP contribution in [0, 0.1) is 17.8 Å². The Morgan fingerprint density at radius 2 is 1.67 bits per heavy atom. The van der Waals surface area contributed by atoms with Crippen molar-refractivity contribution in [1.82, 2.24) is 5.32 Å². The highest BCUT2D eigenvalue weighted by Crippen LogP contribution is 2.50. The van der Waals surface area contributed by atoms with Crippen molar-refractivity contribution >= 4 is 0 Å². The first-order chi connectivity index (χ1) is 7.28. The zero-order valence-corrected chi connectivity index (χ0v) is 9.18. The van der Waals surface area contributed by atoms with Gasteiger partial charge in [-0.25, -0.2) is 4.39 Å². The van der Waals surface area contributed by atoms with E-state index >= 15 is 0 Å². The molecule has 0 aromatic carbocycles. The lowest BCUT2D eigenvalue weighted by Gasteiger charge is -2.33.